The Balaban J connectivity index is 2.50. The summed E-state index contributed by atoms with van der Waals surface area (Å²) in [4.78, 5) is 2.17. The first-order chi connectivity index (χ1) is 6.61. The fourth-order valence-corrected chi connectivity index (χ4v) is 1.10. The minimum atomic E-state index is 0.495. The Bertz CT molecular complexity index is 284. The highest BCUT2D eigenvalue weighted by Crippen LogP contribution is 2.16. The van der Waals surface area contributed by atoms with E-state index >= 15 is 0 Å². The maximum Gasteiger partial charge on any atom is 0.0574 e. The van der Waals surface area contributed by atoms with E-state index in [-0.39, 0.29) is 0 Å². The van der Waals surface area contributed by atoms with Crippen molar-refractivity contribution in [1.29, 1.82) is 0 Å². The summed E-state index contributed by atoms with van der Waals surface area (Å²) < 4.78 is 0. The summed E-state index contributed by atoms with van der Waals surface area (Å²) in [6.45, 7) is 3.08. The Morgan fingerprint density at radius 1 is 1.36 bits per heavy atom. The Morgan fingerprint density at radius 3 is 2.57 bits per heavy atom. The van der Waals surface area contributed by atoms with E-state index in [0.29, 0.717) is 6.04 Å². The molecule has 78 valence electrons. The van der Waals surface area contributed by atoms with Crippen LogP contribution in [0.5, 0.6) is 0 Å². The molecule has 0 radical (unpaired) electrons. The molecule has 1 aromatic rings. The third-order valence-electron chi connectivity index (χ3n) is 2.43. The van der Waals surface area contributed by atoms with E-state index in [1.165, 1.54) is 0 Å². The summed E-state index contributed by atoms with van der Waals surface area (Å²) in [6, 6.07) is 8.32. The van der Waals surface area contributed by atoms with Gasteiger partial charge in [-0.25, -0.2) is 0 Å². The van der Waals surface area contributed by atoms with Crippen molar-refractivity contribution >= 4 is 11.4 Å². The number of hydrogen-bond acceptors (Lipinski definition) is 3. The van der Waals surface area contributed by atoms with Gasteiger partial charge in [0, 0.05) is 12.6 Å². The lowest BCUT2D eigenvalue weighted by atomic mass is 10.2. The number of para-hydroxylation sites is 2. The van der Waals surface area contributed by atoms with Crippen LogP contribution in [0.4, 0.5) is 11.4 Å². The molecule has 1 unspecified atom stereocenters. The highest BCUT2D eigenvalue weighted by Gasteiger charge is 2.04. The molecule has 0 bridgehead atoms. The molecule has 0 saturated heterocycles. The van der Waals surface area contributed by atoms with E-state index in [1.54, 1.807) is 0 Å². The molecule has 1 rings (SSSR count). The lowest BCUT2D eigenvalue weighted by molar-refractivity contribution is 0.326. The molecule has 1 aromatic carbocycles. The minimum Gasteiger partial charge on any atom is -0.397 e. The quantitative estimate of drug-likeness (QED) is 0.714. The van der Waals surface area contributed by atoms with Crippen LogP contribution in [0.2, 0.25) is 0 Å². The van der Waals surface area contributed by atoms with Gasteiger partial charge in [0.1, 0.15) is 0 Å². The molecule has 3 heteroatoms. The third-order valence-corrected chi connectivity index (χ3v) is 2.43. The molecular formula is C11H19N3. The number of nitrogens with one attached hydrogen (secondary N) is 1. The largest absolute Gasteiger partial charge is 0.397 e. The van der Waals surface area contributed by atoms with Gasteiger partial charge in [0.05, 0.1) is 11.4 Å². The number of benzene rings is 1. The maximum atomic E-state index is 5.81. The fourth-order valence-electron chi connectivity index (χ4n) is 1.10. The van der Waals surface area contributed by atoms with Gasteiger partial charge in [-0.2, -0.15) is 0 Å². The predicted octanol–water partition coefficient (Wildman–Crippen LogP) is 1.63. The Morgan fingerprint density at radius 2 is 2.00 bits per heavy atom. The third kappa shape index (κ3) is 2.92. The monoisotopic (exact) mass is 193 g/mol. The van der Waals surface area contributed by atoms with Gasteiger partial charge in [-0.15, -0.1) is 0 Å². The number of nitrogen functional groups attached to an aromatic ring is 1. The topological polar surface area (TPSA) is 41.3 Å². The number of nitrogens with zero attached hydrogens (tertiary/aromatic N) is 1. The van der Waals surface area contributed by atoms with Crippen LogP contribution >= 0.6 is 0 Å². The van der Waals surface area contributed by atoms with Crippen molar-refractivity contribution in [3.63, 3.8) is 0 Å². The average molecular weight is 193 g/mol. The molecule has 0 aliphatic heterocycles. The zero-order chi connectivity index (χ0) is 10.6. The second kappa shape index (κ2) is 4.86. The van der Waals surface area contributed by atoms with Crippen LogP contribution in [0, 0.1) is 0 Å². The van der Waals surface area contributed by atoms with Gasteiger partial charge < -0.3 is 16.0 Å². The minimum absolute atomic E-state index is 0.495. The summed E-state index contributed by atoms with van der Waals surface area (Å²) in [7, 11) is 4.14. The van der Waals surface area contributed by atoms with E-state index in [2.05, 4.69) is 31.2 Å². The van der Waals surface area contributed by atoms with Gasteiger partial charge in [0.15, 0.2) is 0 Å². The van der Waals surface area contributed by atoms with E-state index in [4.69, 9.17) is 5.73 Å². The predicted molar refractivity (Wildman–Crippen MR) is 62.5 cm³/mol. The normalized spacial score (nSPS) is 12.9. The van der Waals surface area contributed by atoms with Crippen LogP contribution in [-0.4, -0.2) is 31.6 Å². The molecule has 3 nitrogen and oxygen atoms in total. The highest BCUT2D eigenvalue weighted by atomic mass is 15.1. The molecule has 0 aliphatic carbocycles. The number of anilines is 2. The second-order valence-electron chi connectivity index (χ2n) is 3.78. The molecule has 0 fully saturated rings. The molecular weight excluding hydrogens is 174 g/mol. The molecule has 1 atom stereocenters. The van der Waals surface area contributed by atoms with Crippen LogP contribution in [0.1, 0.15) is 6.92 Å². The zero-order valence-electron chi connectivity index (χ0n) is 9.12. The molecule has 14 heavy (non-hydrogen) atoms. The maximum absolute atomic E-state index is 5.81. The smallest absolute Gasteiger partial charge is 0.0574 e. The standard InChI is InChI=1S/C11H19N3/c1-9(14(2)3)8-13-11-7-5-4-6-10(11)12/h4-7,9,13H,8,12H2,1-3H3. The van der Waals surface area contributed by atoms with Crippen LogP contribution < -0.4 is 11.1 Å². The number of likely N-dealkylation sites (N-methyl/N-ethyl adjacent to an activating group) is 1. The molecule has 0 saturated carbocycles. The molecule has 3 N–H and O–H groups in total. The molecule has 0 amide bonds. The van der Waals surface area contributed by atoms with Gasteiger partial charge in [-0.1, -0.05) is 12.1 Å². The zero-order valence-corrected chi connectivity index (χ0v) is 9.12. The fraction of sp³-hybridized carbons (Fsp3) is 0.455. The molecule has 0 heterocycles. The van der Waals surface area contributed by atoms with Crippen molar-refractivity contribution in [1.82, 2.24) is 4.90 Å². The number of nitrogens with two attached hydrogens (primary N) is 1. The second-order valence-corrected chi connectivity index (χ2v) is 3.78. The average Bonchev–Trinajstić information content (AvgIpc) is 2.16. The van der Waals surface area contributed by atoms with Gasteiger partial charge in [-0.05, 0) is 33.2 Å². The molecule has 0 aromatic heterocycles. The summed E-state index contributed by atoms with van der Waals surface area (Å²) in [5.41, 5.74) is 7.63. The SMILES string of the molecule is CC(CNc1ccccc1N)N(C)C. The van der Waals surface area contributed by atoms with Gasteiger partial charge in [-0.3, -0.25) is 0 Å². The van der Waals surface area contributed by atoms with Crippen molar-refractivity contribution in [2.45, 2.75) is 13.0 Å². The van der Waals surface area contributed by atoms with Gasteiger partial charge >= 0.3 is 0 Å². The van der Waals surface area contributed by atoms with Crippen molar-refractivity contribution in [2.75, 3.05) is 31.7 Å². The molecule has 0 aliphatic rings. The first-order valence-corrected chi connectivity index (χ1v) is 4.86. The summed E-state index contributed by atoms with van der Waals surface area (Å²) in [6.07, 6.45) is 0. The first kappa shape index (κ1) is 10.9. The van der Waals surface area contributed by atoms with Crippen LogP contribution in [0.15, 0.2) is 24.3 Å². The highest BCUT2D eigenvalue weighted by molar-refractivity contribution is 5.65. The Labute approximate surface area is 85.9 Å². The lowest BCUT2D eigenvalue weighted by Crippen LogP contribution is -2.31. The number of rotatable bonds is 4. The lowest BCUT2D eigenvalue weighted by Gasteiger charge is -2.21. The Kier molecular flexibility index (Phi) is 3.77. The van der Waals surface area contributed by atoms with Crippen LogP contribution in [0.25, 0.3) is 0 Å². The van der Waals surface area contributed by atoms with E-state index in [1.807, 2.05) is 24.3 Å². The van der Waals surface area contributed by atoms with Gasteiger partial charge in [0.25, 0.3) is 0 Å². The Hall–Kier alpha value is -1.22. The summed E-state index contributed by atoms with van der Waals surface area (Å²) >= 11 is 0. The molecule has 0 spiro atoms. The van der Waals surface area contributed by atoms with Crippen LogP contribution in [-0.2, 0) is 0 Å². The summed E-state index contributed by atoms with van der Waals surface area (Å²) in [5, 5.41) is 3.33. The van der Waals surface area contributed by atoms with E-state index in [9.17, 15) is 0 Å². The van der Waals surface area contributed by atoms with Crippen molar-refractivity contribution in [3.05, 3.63) is 24.3 Å². The van der Waals surface area contributed by atoms with Crippen LogP contribution in [0.3, 0.4) is 0 Å². The van der Waals surface area contributed by atoms with Crippen molar-refractivity contribution in [3.8, 4) is 0 Å². The van der Waals surface area contributed by atoms with E-state index < -0.39 is 0 Å². The first-order valence-electron chi connectivity index (χ1n) is 4.86. The van der Waals surface area contributed by atoms with Crippen molar-refractivity contribution in [2.24, 2.45) is 0 Å². The summed E-state index contributed by atoms with van der Waals surface area (Å²) in [5.74, 6) is 0. The van der Waals surface area contributed by atoms with Gasteiger partial charge in [0.2, 0.25) is 0 Å². The van der Waals surface area contributed by atoms with E-state index in [0.717, 1.165) is 17.9 Å². The van der Waals surface area contributed by atoms with Crippen molar-refractivity contribution < 1.29 is 0 Å². The number of hydrogen-bond donors (Lipinski definition) is 2.